The topological polar surface area (TPSA) is 54.7 Å². The molecule has 1 aromatic carbocycles. The van der Waals surface area contributed by atoms with Crippen LogP contribution in [0.3, 0.4) is 0 Å². The number of hydrogen-bond acceptors (Lipinski definition) is 4. The van der Waals surface area contributed by atoms with E-state index in [0.717, 1.165) is 30.2 Å². The summed E-state index contributed by atoms with van der Waals surface area (Å²) in [5.74, 6) is 1.48. The summed E-state index contributed by atoms with van der Waals surface area (Å²) in [5.41, 5.74) is 0.957. The summed E-state index contributed by atoms with van der Waals surface area (Å²) >= 11 is 5.90. The average molecular weight is 363 g/mol. The molecule has 1 amide bonds. The Morgan fingerprint density at radius 1 is 1.16 bits per heavy atom. The van der Waals surface area contributed by atoms with E-state index in [0.29, 0.717) is 18.1 Å². The smallest absolute Gasteiger partial charge is 0.234 e. The SMILES string of the molecule is C[C@H]1CN(CC(=O)NCc2ccc(-c3ccc(Cl)cc3)o2)C[C@H](C)O1. The van der Waals surface area contributed by atoms with Crippen molar-refractivity contribution >= 4 is 17.5 Å². The lowest BCUT2D eigenvalue weighted by Crippen LogP contribution is -2.49. The lowest BCUT2D eigenvalue weighted by atomic mass is 10.2. The maximum Gasteiger partial charge on any atom is 0.234 e. The highest BCUT2D eigenvalue weighted by Gasteiger charge is 2.23. The monoisotopic (exact) mass is 362 g/mol. The first-order valence-electron chi connectivity index (χ1n) is 8.49. The van der Waals surface area contributed by atoms with Crippen molar-refractivity contribution in [1.29, 1.82) is 0 Å². The van der Waals surface area contributed by atoms with Gasteiger partial charge in [0.25, 0.3) is 0 Å². The number of furan rings is 1. The molecule has 0 radical (unpaired) electrons. The number of ether oxygens (including phenoxy) is 1. The van der Waals surface area contributed by atoms with Crippen LogP contribution in [0.15, 0.2) is 40.8 Å². The molecule has 6 heteroatoms. The van der Waals surface area contributed by atoms with Crippen LogP contribution in [0, 0.1) is 0 Å². The predicted molar refractivity (Wildman–Crippen MR) is 97.4 cm³/mol. The van der Waals surface area contributed by atoms with Crippen molar-refractivity contribution in [3.8, 4) is 11.3 Å². The normalized spacial score (nSPS) is 21.2. The highest BCUT2D eigenvalue weighted by Crippen LogP contribution is 2.23. The number of nitrogens with zero attached hydrogens (tertiary/aromatic N) is 1. The third-order valence-electron chi connectivity index (χ3n) is 4.11. The first kappa shape index (κ1) is 18.0. The van der Waals surface area contributed by atoms with E-state index in [2.05, 4.69) is 10.2 Å². The second-order valence-electron chi connectivity index (χ2n) is 6.50. The molecule has 3 rings (SSSR count). The fraction of sp³-hybridized carbons (Fsp3) is 0.421. The molecule has 1 N–H and O–H groups in total. The van der Waals surface area contributed by atoms with Gasteiger partial charge in [-0.25, -0.2) is 0 Å². The van der Waals surface area contributed by atoms with Crippen LogP contribution < -0.4 is 5.32 Å². The summed E-state index contributed by atoms with van der Waals surface area (Å²) in [4.78, 5) is 14.3. The number of nitrogens with one attached hydrogen (secondary N) is 1. The summed E-state index contributed by atoms with van der Waals surface area (Å²) in [7, 11) is 0. The van der Waals surface area contributed by atoms with E-state index in [1.165, 1.54) is 0 Å². The minimum Gasteiger partial charge on any atom is -0.459 e. The van der Waals surface area contributed by atoms with Crippen LogP contribution in [-0.4, -0.2) is 42.6 Å². The summed E-state index contributed by atoms with van der Waals surface area (Å²) in [5, 5.41) is 3.60. The summed E-state index contributed by atoms with van der Waals surface area (Å²) in [6, 6.07) is 11.2. The highest BCUT2D eigenvalue weighted by molar-refractivity contribution is 6.30. The fourth-order valence-corrected chi connectivity index (χ4v) is 3.23. The van der Waals surface area contributed by atoms with Crippen molar-refractivity contribution < 1.29 is 13.9 Å². The van der Waals surface area contributed by atoms with Crippen molar-refractivity contribution in [1.82, 2.24) is 10.2 Å². The molecule has 5 nitrogen and oxygen atoms in total. The molecule has 2 atom stereocenters. The van der Waals surface area contributed by atoms with E-state index in [1.54, 1.807) is 0 Å². The van der Waals surface area contributed by atoms with Crippen LogP contribution in [0.4, 0.5) is 0 Å². The van der Waals surface area contributed by atoms with E-state index in [4.69, 9.17) is 20.8 Å². The third kappa shape index (κ3) is 5.08. The molecule has 0 unspecified atom stereocenters. The number of halogens is 1. The largest absolute Gasteiger partial charge is 0.459 e. The maximum absolute atomic E-state index is 12.2. The van der Waals surface area contributed by atoms with Crippen molar-refractivity contribution in [2.24, 2.45) is 0 Å². The molecule has 1 fully saturated rings. The van der Waals surface area contributed by atoms with E-state index < -0.39 is 0 Å². The first-order valence-corrected chi connectivity index (χ1v) is 8.86. The molecule has 0 aliphatic carbocycles. The molecule has 0 bridgehead atoms. The number of carbonyl (C=O) groups excluding carboxylic acids is 1. The predicted octanol–water partition coefficient (Wildman–Crippen LogP) is 3.33. The molecule has 1 aliphatic rings. The van der Waals surface area contributed by atoms with E-state index >= 15 is 0 Å². The van der Waals surface area contributed by atoms with Gasteiger partial charge in [-0.15, -0.1) is 0 Å². The van der Waals surface area contributed by atoms with Crippen LogP contribution in [0.5, 0.6) is 0 Å². The minimum absolute atomic E-state index is 0.00857. The van der Waals surface area contributed by atoms with Crippen LogP contribution in [0.1, 0.15) is 19.6 Å². The van der Waals surface area contributed by atoms with Gasteiger partial charge in [-0.1, -0.05) is 11.6 Å². The van der Waals surface area contributed by atoms with Gasteiger partial charge in [0.2, 0.25) is 5.91 Å². The molecule has 134 valence electrons. The number of benzene rings is 1. The van der Waals surface area contributed by atoms with E-state index in [9.17, 15) is 4.79 Å². The van der Waals surface area contributed by atoms with Crippen molar-refractivity contribution in [2.45, 2.75) is 32.6 Å². The van der Waals surface area contributed by atoms with Crippen molar-refractivity contribution in [2.75, 3.05) is 19.6 Å². The Hall–Kier alpha value is -1.82. The zero-order valence-corrected chi connectivity index (χ0v) is 15.3. The summed E-state index contributed by atoms with van der Waals surface area (Å²) in [6.45, 7) is 6.37. The Kier molecular flexibility index (Phi) is 5.78. The standard InChI is InChI=1S/C19H23ClN2O3/c1-13-10-22(11-14(2)24-13)12-19(23)21-9-17-7-8-18(25-17)15-3-5-16(20)6-4-15/h3-8,13-14H,9-12H2,1-2H3,(H,21,23)/t13-,14-/m0/s1. The number of amides is 1. The van der Waals surface area contributed by atoms with Crippen molar-refractivity contribution in [3.05, 3.63) is 47.2 Å². The van der Waals surface area contributed by atoms with Crippen molar-refractivity contribution in [3.63, 3.8) is 0 Å². The Bertz CT molecular complexity index is 704. The number of rotatable bonds is 5. The van der Waals surface area contributed by atoms with Gasteiger partial charge < -0.3 is 14.5 Å². The van der Waals surface area contributed by atoms with Crippen LogP contribution >= 0.6 is 11.6 Å². The Balaban J connectivity index is 1.50. The van der Waals surface area contributed by atoms with Gasteiger partial charge in [-0.2, -0.15) is 0 Å². The molecule has 2 aromatic rings. The lowest BCUT2D eigenvalue weighted by Gasteiger charge is -2.34. The molecule has 1 aliphatic heterocycles. The molecule has 0 saturated carbocycles. The molecular weight excluding hydrogens is 340 g/mol. The van der Waals surface area contributed by atoms with Gasteiger partial charge in [-0.05, 0) is 50.2 Å². The van der Waals surface area contributed by atoms with E-state index in [1.807, 2.05) is 50.2 Å². The molecule has 1 aromatic heterocycles. The molecule has 1 saturated heterocycles. The maximum atomic E-state index is 12.2. The van der Waals surface area contributed by atoms with Gasteiger partial charge in [0.15, 0.2) is 0 Å². The van der Waals surface area contributed by atoms with Crippen LogP contribution in [0.2, 0.25) is 5.02 Å². The number of hydrogen-bond donors (Lipinski definition) is 1. The minimum atomic E-state index is -0.00857. The Morgan fingerprint density at radius 2 is 1.84 bits per heavy atom. The Morgan fingerprint density at radius 3 is 2.52 bits per heavy atom. The summed E-state index contributed by atoms with van der Waals surface area (Å²) < 4.78 is 11.5. The van der Waals surface area contributed by atoms with Crippen LogP contribution in [0.25, 0.3) is 11.3 Å². The van der Waals surface area contributed by atoms with E-state index in [-0.39, 0.29) is 18.1 Å². The first-order chi connectivity index (χ1) is 12.0. The molecule has 2 heterocycles. The number of carbonyl (C=O) groups is 1. The summed E-state index contributed by atoms with van der Waals surface area (Å²) in [6.07, 6.45) is 0.312. The molecular formula is C19H23ClN2O3. The second kappa shape index (κ2) is 8.04. The third-order valence-corrected chi connectivity index (χ3v) is 4.36. The van der Waals surface area contributed by atoms with Gasteiger partial charge in [0.05, 0.1) is 25.3 Å². The van der Waals surface area contributed by atoms with Gasteiger partial charge >= 0.3 is 0 Å². The quantitative estimate of drug-likeness (QED) is 0.886. The zero-order chi connectivity index (χ0) is 17.8. The lowest BCUT2D eigenvalue weighted by molar-refractivity contribution is -0.126. The van der Waals surface area contributed by atoms with Gasteiger partial charge in [0, 0.05) is 23.7 Å². The molecule has 0 spiro atoms. The molecule has 25 heavy (non-hydrogen) atoms. The van der Waals surface area contributed by atoms with Gasteiger partial charge in [-0.3, -0.25) is 9.69 Å². The second-order valence-corrected chi connectivity index (χ2v) is 6.94. The van der Waals surface area contributed by atoms with Crippen LogP contribution in [-0.2, 0) is 16.1 Å². The number of morpholine rings is 1. The fourth-order valence-electron chi connectivity index (χ4n) is 3.10. The zero-order valence-electron chi connectivity index (χ0n) is 14.5. The average Bonchev–Trinajstić information content (AvgIpc) is 3.01. The van der Waals surface area contributed by atoms with Gasteiger partial charge in [0.1, 0.15) is 11.5 Å². The Labute approximate surface area is 152 Å². The highest BCUT2D eigenvalue weighted by atomic mass is 35.5.